The van der Waals surface area contributed by atoms with Gasteiger partial charge in [0.05, 0.1) is 0 Å². The van der Waals surface area contributed by atoms with E-state index in [0.29, 0.717) is 10.8 Å². The second-order valence-corrected chi connectivity index (χ2v) is 13.8. The molecule has 5 unspecified atom stereocenters. The Labute approximate surface area is 190 Å². The van der Waals surface area contributed by atoms with Crippen molar-refractivity contribution >= 4 is 23.5 Å². The van der Waals surface area contributed by atoms with Crippen LogP contribution in [0.3, 0.4) is 0 Å². The summed E-state index contributed by atoms with van der Waals surface area (Å²) in [6, 6.07) is 0. The minimum Gasteiger partial charge on any atom is -0.161 e. The zero-order valence-electron chi connectivity index (χ0n) is 19.7. The third kappa shape index (κ3) is 3.90. The molecule has 1 heterocycles. The van der Waals surface area contributed by atoms with Gasteiger partial charge in [0, 0.05) is 16.8 Å². The van der Waals surface area contributed by atoms with Crippen molar-refractivity contribution in [2.24, 2.45) is 28.6 Å². The van der Waals surface area contributed by atoms with Crippen LogP contribution >= 0.6 is 23.5 Å². The average molecular weight is 435 g/mol. The van der Waals surface area contributed by atoms with Gasteiger partial charge in [-0.05, 0) is 92.1 Å². The molecule has 166 valence electrons. The van der Waals surface area contributed by atoms with E-state index in [2.05, 4.69) is 51.2 Å². The number of hydrogen-bond acceptors (Lipinski definition) is 2. The molecule has 2 fully saturated rings. The maximum Gasteiger partial charge on any atom is 0.00892 e. The largest absolute Gasteiger partial charge is 0.161 e. The van der Waals surface area contributed by atoms with Crippen LogP contribution in [0, 0.1) is 28.6 Å². The van der Waals surface area contributed by atoms with Crippen molar-refractivity contribution in [3.05, 3.63) is 11.1 Å². The molecule has 0 nitrogen and oxygen atoms in total. The normalized spacial score (nSPS) is 41.0. The molecule has 2 heteroatoms. The second kappa shape index (κ2) is 9.51. The van der Waals surface area contributed by atoms with E-state index in [-0.39, 0.29) is 0 Å². The standard InChI is InChI=1S/C27H46S2/c1-5-11-22-21-12-6-7-13-23(21)25-15-10-14-24(22)27(25)20(2)29-19-18-28-17-9-8-16-26(27,3)4/h20,22,24-25H,5-19H2,1-4H3. The highest BCUT2D eigenvalue weighted by atomic mass is 32.2. The summed E-state index contributed by atoms with van der Waals surface area (Å²) in [5, 5.41) is 0.807. The lowest BCUT2D eigenvalue weighted by Crippen LogP contribution is -2.61. The Balaban J connectivity index is 1.85. The summed E-state index contributed by atoms with van der Waals surface area (Å²) < 4.78 is 0. The molecule has 0 aromatic heterocycles. The molecule has 0 N–H and O–H groups in total. The molecule has 0 radical (unpaired) electrons. The first-order valence-corrected chi connectivity index (χ1v) is 15.2. The Morgan fingerprint density at radius 3 is 2.48 bits per heavy atom. The van der Waals surface area contributed by atoms with Crippen LogP contribution in [0.5, 0.6) is 0 Å². The van der Waals surface area contributed by atoms with E-state index in [1.54, 1.807) is 0 Å². The van der Waals surface area contributed by atoms with E-state index >= 15 is 0 Å². The molecule has 0 amide bonds. The van der Waals surface area contributed by atoms with E-state index in [1.807, 2.05) is 11.1 Å². The number of hydrogen-bond donors (Lipinski definition) is 0. The third-order valence-corrected chi connectivity index (χ3v) is 12.1. The Bertz CT molecular complexity index is 591. The van der Waals surface area contributed by atoms with Gasteiger partial charge in [-0.3, -0.25) is 0 Å². The minimum atomic E-state index is 0.464. The Hall–Kier alpha value is 0.440. The van der Waals surface area contributed by atoms with Gasteiger partial charge < -0.3 is 0 Å². The average Bonchev–Trinajstić information content (AvgIpc) is 2.73. The fraction of sp³-hybridized carbons (Fsp3) is 0.926. The SMILES string of the molecule is CCCC1C2=C(CCCC2)C2CCCC1C21C(C)SCCSCCCCC1(C)C. The zero-order valence-corrected chi connectivity index (χ0v) is 21.4. The van der Waals surface area contributed by atoms with Crippen LogP contribution in [-0.2, 0) is 0 Å². The fourth-order valence-corrected chi connectivity index (χ4v) is 11.4. The lowest BCUT2D eigenvalue weighted by molar-refractivity contribution is -0.105. The van der Waals surface area contributed by atoms with Gasteiger partial charge in [-0.2, -0.15) is 23.5 Å². The highest BCUT2D eigenvalue weighted by Gasteiger charge is 2.63. The number of fused-ring (bicyclic) bond motifs is 1. The maximum atomic E-state index is 2.72. The van der Waals surface area contributed by atoms with E-state index in [0.717, 1.165) is 23.0 Å². The first kappa shape index (κ1) is 22.6. The molecule has 0 aromatic carbocycles. The van der Waals surface area contributed by atoms with Crippen LogP contribution in [0.25, 0.3) is 0 Å². The zero-order chi connectivity index (χ0) is 20.5. The molecule has 5 atom stereocenters. The number of rotatable bonds is 2. The summed E-state index contributed by atoms with van der Waals surface area (Å²) >= 11 is 4.58. The van der Waals surface area contributed by atoms with Gasteiger partial charge in [0.25, 0.3) is 0 Å². The number of allylic oxidation sites excluding steroid dienone is 2. The van der Waals surface area contributed by atoms with Gasteiger partial charge in [0.1, 0.15) is 0 Å². The van der Waals surface area contributed by atoms with Gasteiger partial charge in [0.2, 0.25) is 0 Å². The van der Waals surface area contributed by atoms with Crippen molar-refractivity contribution in [2.75, 3.05) is 17.3 Å². The van der Waals surface area contributed by atoms with Crippen molar-refractivity contribution in [3.63, 3.8) is 0 Å². The fourth-order valence-electron chi connectivity index (χ4n) is 8.60. The smallest absolute Gasteiger partial charge is 0.00892 e. The molecule has 0 aromatic rings. The summed E-state index contributed by atoms with van der Waals surface area (Å²) in [7, 11) is 0. The van der Waals surface area contributed by atoms with Crippen LogP contribution in [-0.4, -0.2) is 22.5 Å². The van der Waals surface area contributed by atoms with Crippen molar-refractivity contribution in [2.45, 2.75) is 110 Å². The first-order chi connectivity index (χ1) is 14.0. The lowest BCUT2D eigenvalue weighted by atomic mass is 9.39. The molecule has 1 saturated carbocycles. The maximum absolute atomic E-state index is 2.72. The Morgan fingerprint density at radius 2 is 1.69 bits per heavy atom. The highest BCUT2D eigenvalue weighted by molar-refractivity contribution is 8.03. The Kier molecular flexibility index (Phi) is 7.42. The summed E-state index contributed by atoms with van der Waals surface area (Å²) in [4.78, 5) is 0. The molecular formula is C27H46S2. The van der Waals surface area contributed by atoms with Gasteiger partial charge in [-0.25, -0.2) is 0 Å². The van der Waals surface area contributed by atoms with E-state index in [9.17, 15) is 0 Å². The predicted molar refractivity (Wildman–Crippen MR) is 134 cm³/mol. The quantitative estimate of drug-likeness (QED) is 0.398. The van der Waals surface area contributed by atoms with Crippen molar-refractivity contribution in [1.29, 1.82) is 0 Å². The third-order valence-electron chi connectivity index (χ3n) is 9.49. The molecule has 4 aliphatic rings. The molecule has 4 rings (SSSR count). The summed E-state index contributed by atoms with van der Waals surface area (Å²) in [5.74, 6) is 6.88. The molecular weight excluding hydrogens is 388 g/mol. The molecule has 1 aliphatic heterocycles. The topological polar surface area (TPSA) is 0 Å². The molecule has 3 aliphatic carbocycles. The summed E-state index contributed by atoms with van der Waals surface area (Å²) in [6.45, 7) is 10.6. The monoisotopic (exact) mass is 434 g/mol. The summed E-state index contributed by atoms with van der Waals surface area (Å²) in [6.07, 6.45) is 17.5. The molecule has 29 heavy (non-hydrogen) atoms. The number of thioether (sulfide) groups is 2. The van der Waals surface area contributed by atoms with Gasteiger partial charge >= 0.3 is 0 Å². The lowest BCUT2D eigenvalue weighted by Gasteiger charge is -2.67. The molecule has 1 spiro atoms. The van der Waals surface area contributed by atoms with Crippen LogP contribution in [0.15, 0.2) is 11.1 Å². The van der Waals surface area contributed by atoms with Crippen molar-refractivity contribution < 1.29 is 0 Å². The van der Waals surface area contributed by atoms with Gasteiger partial charge in [-0.1, -0.05) is 58.1 Å². The van der Waals surface area contributed by atoms with Gasteiger partial charge in [0.15, 0.2) is 0 Å². The second-order valence-electron chi connectivity index (χ2n) is 11.1. The van der Waals surface area contributed by atoms with Crippen molar-refractivity contribution in [3.8, 4) is 0 Å². The minimum absolute atomic E-state index is 0.464. The van der Waals surface area contributed by atoms with E-state index < -0.39 is 0 Å². The first-order valence-electron chi connectivity index (χ1n) is 12.9. The highest BCUT2D eigenvalue weighted by Crippen LogP contribution is 2.70. The predicted octanol–water partition coefficient (Wildman–Crippen LogP) is 8.75. The van der Waals surface area contributed by atoms with E-state index in [1.165, 1.54) is 94.3 Å². The van der Waals surface area contributed by atoms with Crippen LogP contribution in [0.1, 0.15) is 105 Å². The van der Waals surface area contributed by atoms with Gasteiger partial charge in [-0.15, -0.1) is 0 Å². The van der Waals surface area contributed by atoms with Crippen molar-refractivity contribution in [1.82, 2.24) is 0 Å². The van der Waals surface area contributed by atoms with Crippen LogP contribution in [0.2, 0.25) is 0 Å². The Morgan fingerprint density at radius 1 is 0.897 bits per heavy atom. The summed E-state index contributed by atoms with van der Waals surface area (Å²) in [5.41, 5.74) is 5.00. The van der Waals surface area contributed by atoms with E-state index in [4.69, 9.17) is 0 Å². The van der Waals surface area contributed by atoms with Crippen LogP contribution in [0.4, 0.5) is 0 Å². The van der Waals surface area contributed by atoms with Crippen LogP contribution < -0.4 is 0 Å². The molecule has 2 bridgehead atoms. The molecule has 1 saturated heterocycles.